The standard InChI is InChI=1S/C28H25BrN4O6S2/c1-13(2)38-26(36)23-15(4)31-28-33(24(23)18-11-16(29)6-8-19(18)37-5)25(35)20(40-28)12-17-7-9-22(39-17)41-27-30-14(3)10-21(34)32-27/h6-13,24H,1-5H3,(H,30,32,34)/b20-12-/t24-/m1/s1. The van der Waals surface area contributed by atoms with Gasteiger partial charge in [0.15, 0.2) is 15.1 Å². The van der Waals surface area contributed by atoms with E-state index in [1.807, 2.05) is 12.1 Å². The minimum atomic E-state index is -0.834. The van der Waals surface area contributed by atoms with E-state index in [1.54, 1.807) is 52.0 Å². The molecule has 4 heterocycles. The molecule has 1 aromatic carbocycles. The second kappa shape index (κ2) is 11.7. The van der Waals surface area contributed by atoms with Gasteiger partial charge >= 0.3 is 5.97 Å². The number of aryl methyl sites for hydroxylation is 1. The molecule has 1 aliphatic heterocycles. The van der Waals surface area contributed by atoms with E-state index < -0.39 is 12.0 Å². The average molecular weight is 658 g/mol. The van der Waals surface area contributed by atoms with E-state index in [0.717, 1.165) is 16.2 Å². The lowest BCUT2D eigenvalue weighted by Crippen LogP contribution is -2.40. The third-order valence-electron chi connectivity index (χ3n) is 5.99. The van der Waals surface area contributed by atoms with Gasteiger partial charge < -0.3 is 18.9 Å². The maximum absolute atomic E-state index is 13.9. The van der Waals surface area contributed by atoms with Gasteiger partial charge in [0.25, 0.3) is 11.1 Å². The van der Waals surface area contributed by atoms with Gasteiger partial charge in [-0.1, -0.05) is 27.3 Å². The number of ether oxygens (including phenoxy) is 2. The number of nitrogens with one attached hydrogen (secondary N) is 1. The lowest BCUT2D eigenvalue weighted by atomic mass is 9.95. The van der Waals surface area contributed by atoms with Gasteiger partial charge in [-0.25, -0.2) is 14.8 Å². The molecule has 4 aromatic rings. The number of H-pyrrole nitrogens is 1. The molecule has 0 fully saturated rings. The van der Waals surface area contributed by atoms with Crippen LogP contribution in [-0.2, 0) is 9.53 Å². The first kappa shape index (κ1) is 28.8. The maximum atomic E-state index is 13.9. The molecule has 10 nitrogen and oxygen atoms in total. The maximum Gasteiger partial charge on any atom is 0.338 e. The van der Waals surface area contributed by atoms with Crippen LogP contribution in [0.2, 0.25) is 0 Å². The first-order valence-electron chi connectivity index (χ1n) is 12.5. The fourth-order valence-electron chi connectivity index (χ4n) is 4.36. The van der Waals surface area contributed by atoms with E-state index in [0.29, 0.717) is 48.0 Å². The predicted octanol–water partition coefficient (Wildman–Crippen LogP) is 4.09. The highest BCUT2D eigenvalue weighted by Crippen LogP contribution is 2.37. The molecule has 0 aliphatic carbocycles. The van der Waals surface area contributed by atoms with Crippen molar-refractivity contribution in [2.24, 2.45) is 4.99 Å². The second-order valence-electron chi connectivity index (χ2n) is 9.37. The van der Waals surface area contributed by atoms with Crippen molar-refractivity contribution in [3.8, 4) is 5.75 Å². The Morgan fingerprint density at radius 3 is 2.71 bits per heavy atom. The van der Waals surface area contributed by atoms with Crippen LogP contribution in [0.1, 0.15) is 43.8 Å². The van der Waals surface area contributed by atoms with Crippen LogP contribution >= 0.6 is 39.0 Å². The molecule has 1 aliphatic rings. The van der Waals surface area contributed by atoms with Crippen molar-refractivity contribution in [2.45, 2.75) is 50.1 Å². The fraction of sp³-hybridized carbons (Fsp3) is 0.250. The highest BCUT2D eigenvalue weighted by Gasteiger charge is 2.35. The van der Waals surface area contributed by atoms with Gasteiger partial charge in [-0.2, -0.15) is 0 Å². The van der Waals surface area contributed by atoms with Gasteiger partial charge in [-0.3, -0.25) is 14.2 Å². The van der Waals surface area contributed by atoms with E-state index in [2.05, 4.69) is 30.9 Å². The lowest BCUT2D eigenvalue weighted by Gasteiger charge is -2.26. The largest absolute Gasteiger partial charge is 0.496 e. The monoisotopic (exact) mass is 656 g/mol. The molecule has 1 atom stereocenters. The zero-order chi connectivity index (χ0) is 29.4. The van der Waals surface area contributed by atoms with E-state index in [-0.39, 0.29) is 22.8 Å². The van der Waals surface area contributed by atoms with Gasteiger partial charge in [0.05, 0.1) is 29.0 Å². The molecule has 0 radical (unpaired) electrons. The van der Waals surface area contributed by atoms with Crippen molar-refractivity contribution in [3.63, 3.8) is 0 Å². The van der Waals surface area contributed by atoms with Crippen molar-refractivity contribution >= 4 is 51.1 Å². The molecule has 0 saturated carbocycles. The van der Waals surface area contributed by atoms with Crippen LogP contribution in [0.15, 0.2) is 81.4 Å². The minimum absolute atomic E-state index is 0.253. The smallest absolute Gasteiger partial charge is 0.338 e. The summed E-state index contributed by atoms with van der Waals surface area (Å²) in [5.74, 6) is 0.380. The first-order chi connectivity index (χ1) is 19.5. The number of benzene rings is 1. The fourth-order valence-corrected chi connectivity index (χ4v) is 6.58. The summed E-state index contributed by atoms with van der Waals surface area (Å²) in [7, 11) is 1.54. The van der Waals surface area contributed by atoms with Crippen LogP contribution in [0.4, 0.5) is 0 Å². The summed E-state index contributed by atoms with van der Waals surface area (Å²) in [6, 6.07) is 9.44. The summed E-state index contributed by atoms with van der Waals surface area (Å²) < 4.78 is 19.7. The van der Waals surface area contributed by atoms with Crippen LogP contribution < -0.4 is 25.2 Å². The number of allylic oxidation sites excluding steroid dienone is 1. The molecule has 1 N–H and O–H groups in total. The van der Waals surface area contributed by atoms with Crippen molar-refractivity contribution in [2.75, 3.05) is 7.11 Å². The molecular weight excluding hydrogens is 632 g/mol. The molecule has 0 saturated heterocycles. The Balaban J connectivity index is 1.62. The number of methoxy groups -OCH3 is 1. The van der Waals surface area contributed by atoms with Crippen molar-refractivity contribution < 1.29 is 18.7 Å². The lowest BCUT2D eigenvalue weighted by molar-refractivity contribution is -0.143. The molecule has 0 amide bonds. The molecule has 41 heavy (non-hydrogen) atoms. The van der Waals surface area contributed by atoms with Gasteiger partial charge in [0.2, 0.25) is 0 Å². The van der Waals surface area contributed by atoms with Crippen molar-refractivity contribution in [1.29, 1.82) is 0 Å². The number of carbonyl (C=O) groups is 1. The van der Waals surface area contributed by atoms with Gasteiger partial charge in [0.1, 0.15) is 17.6 Å². The number of nitrogens with zero attached hydrogens (tertiary/aromatic N) is 3. The third-order valence-corrected chi connectivity index (χ3v) is 8.27. The van der Waals surface area contributed by atoms with Gasteiger partial charge in [-0.05, 0) is 69.8 Å². The number of halogens is 1. The van der Waals surface area contributed by atoms with Crippen LogP contribution in [0, 0.1) is 6.92 Å². The van der Waals surface area contributed by atoms with Crippen molar-refractivity contribution in [1.82, 2.24) is 14.5 Å². The predicted molar refractivity (Wildman–Crippen MR) is 158 cm³/mol. The summed E-state index contributed by atoms with van der Waals surface area (Å²) in [6.45, 7) is 6.99. The number of fused-ring (bicyclic) bond motifs is 1. The first-order valence-corrected chi connectivity index (χ1v) is 14.9. The van der Waals surface area contributed by atoms with Crippen molar-refractivity contribution in [3.05, 3.63) is 99.2 Å². The third kappa shape index (κ3) is 6.02. The molecule has 13 heteroatoms. The number of furan rings is 1. The van der Waals surface area contributed by atoms with Crippen LogP contribution in [-0.4, -0.2) is 33.7 Å². The normalized spacial score (nSPS) is 15.2. The number of aromatic amines is 1. The topological polar surface area (TPSA) is 129 Å². The molecule has 212 valence electrons. The summed E-state index contributed by atoms with van der Waals surface area (Å²) >= 11 is 5.85. The van der Waals surface area contributed by atoms with Crippen LogP contribution in [0.5, 0.6) is 5.75 Å². The van der Waals surface area contributed by atoms with E-state index >= 15 is 0 Å². The Labute approximate surface area is 250 Å². The van der Waals surface area contributed by atoms with Gasteiger partial charge in [-0.15, -0.1) is 0 Å². The summed E-state index contributed by atoms with van der Waals surface area (Å²) in [5.41, 5.74) is 1.30. The highest BCUT2D eigenvalue weighted by molar-refractivity contribution is 9.10. The molecule has 3 aromatic heterocycles. The molecule has 5 rings (SSSR count). The van der Waals surface area contributed by atoms with E-state index in [9.17, 15) is 14.4 Å². The molecule has 0 spiro atoms. The van der Waals surface area contributed by atoms with Crippen LogP contribution in [0.25, 0.3) is 6.08 Å². The number of hydrogen-bond acceptors (Lipinski definition) is 10. The Morgan fingerprint density at radius 2 is 2.00 bits per heavy atom. The Bertz CT molecular complexity index is 1940. The zero-order valence-corrected chi connectivity index (χ0v) is 25.9. The number of aromatic nitrogens is 3. The number of thiazole rings is 1. The summed E-state index contributed by atoms with van der Waals surface area (Å²) in [5, 5.41) is 0.888. The average Bonchev–Trinajstić information content (AvgIpc) is 3.45. The number of hydrogen-bond donors (Lipinski definition) is 1. The Morgan fingerprint density at radius 1 is 1.22 bits per heavy atom. The molecular formula is C28H25BrN4O6S2. The quantitative estimate of drug-likeness (QED) is 0.233. The Hall–Kier alpha value is -3.68. The Kier molecular flexibility index (Phi) is 8.20. The number of rotatable bonds is 7. The zero-order valence-electron chi connectivity index (χ0n) is 22.7. The molecule has 0 unspecified atom stereocenters. The number of carbonyl (C=O) groups excluding carboxylic acids is 1. The SMILES string of the molecule is COc1ccc(Br)cc1[C@@H]1C(C(=O)OC(C)C)=C(C)N=c2s/c(=C\c3ccc(Sc4nc(C)cc(=O)[nH]4)o3)c(=O)n21. The highest BCUT2D eigenvalue weighted by atomic mass is 79.9. The number of esters is 1. The molecule has 0 bridgehead atoms. The van der Waals surface area contributed by atoms with E-state index in [1.165, 1.54) is 29.1 Å². The van der Waals surface area contributed by atoms with Crippen LogP contribution in [0.3, 0.4) is 0 Å². The summed E-state index contributed by atoms with van der Waals surface area (Å²) in [6.07, 6.45) is 1.26. The minimum Gasteiger partial charge on any atom is -0.496 e. The van der Waals surface area contributed by atoms with Gasteiger partial charge in [0, 0.05) is 27.9 Å². The second-order valence-corrected chi connectivity index (χ2v) is 12.3. The van der Waals surface area contributed by atoms with E-state index in [4.69, 9.17) is 13.9 Å². The summed E-state index contributed by atoms with van der Waals surface area (Å²) in [4.78, 5) is 51.1.